The molecule has 0 aromatic rings. The Labute approximate surface area is 177 Å². The first-order valence-corrected chi connectivity index (χ1v) is 10.0. The van der Waals surface area contributed by atoms with Crippen LogP contribution in [0.4, 0.5) is 0 Å². The maximum atomic E-state index is 5.49. The van der Waals surface area contributed by atoms with Crippen molar-refractivity contribution >= 4 is 29.9 Å². The summed E-state index contributed by atoms with van der Waals surface area (Å²) >= 11 is 0. The fraction of sp³-hybridized carbons (Fsp3) is 0.947. The maximum absolute atomic E-state index is 5.49. The van der Waals surface area contributed by atoms with Crippen molar-refractivity contribution in [3.05, 3.63) is 0 Å². The number of morpholine rings is 1. The Morgan fingerprint density at radius 3 is 2.31 bits per heavy atom. The van der Waals surface area contributed by atoms with Gasteiger partial charge in [0, 0.05) is 57.9 Å². The van der Waals surface area contributed by atoms with E-state index in [0.29, 0.717) is 18.0 Å². The van der Waals surface area contributed by atoms with Crippen LogP contribution < -0.4 is 10.6 Å². The van der Waals surface area contributed by atoms with Gasteiger partial charge in [-0.25, -0.2) is 0 Å². The number of aliphatic imine (C=N–C) groups is 1. The van der Waals surface area contributed by atoms with Gasteiger partial charge in [0.25, 0.3) is 0 Å². The van der Waals surface area contributed by atoms with Crippen LogP contribution in [0.3, 0.4) is 0 Å². The highest BCUT2D eigenvalue weighted by atomic mass is 127. The highest BCUT2D eigenvalue weighted by Gasteiger charge is 2.30. The number of halogens is 1. The highest BCUT2D eigenvalue weighted by Crippen LogP contribution is 2.27. The molecule has 1 aliphatic carbocycles. The summed E-state index contributed by atoms with van der Waals surface area (Å²) in [5.41, 5.74) is 0. The van der Waals surface area contributed by atoms with Gasteiger partial charge in [0.2, 0.25) is 0 Å². The highest BCUT2D eigenvalue weighted by molar-refractivity contribution is 14.0. The first kappa shape index (κ1) is 23.9. The predicted molar refractivity (Wildman–Crippen MR) is 121 cm³/mol. The Morgan fingerprint density at radius 2 is 1.81 bits per heavy atom. The SMILES string of the molecule is CN=C(NCCN(C(C)C)C1CC1)NCC(C(C)C)N1CCOCC1.I. The van der Waals surface area contributed by atoms with E-state index in [1.807, 2.05) is 7.05 Å². The second kappa shape index (κ2) is 12.4. The molecule has 2 N–H and O–H groups in total. The van der Waals surface area contributed by atoms with Crippen LogP contribution in [-0.4, -0.2) is 86.9 Å². The van der Waals surface area contributed by atoms with E-state index in [0.717, 1.165) is 57.9 Å². The molecule has 1 saturated heterocycles. The molecule has 2 rings (SSSR count). The van der Waals surface area contributed by atoms with Gasteiger partial charge in [0.05, 0.1) is 13.2 Å². The molecule has 6 nitrogen and oxygen atoms in total. The van der Waals surface area contributed by atoms with Crippen molar-refractivity contribution in [1.29, 1.82) is 0 Å². The standard InChI is InChI=1S/C19H39N5O.HI/c1-15(2)18(23-10-12-25-13-11-23)14-22-19(20-5)21-8-9-24(16(3)4)17-6-7-17;/h15-18H,6-14H2,1-5H3,(H2,20,21,22);1H. The van der Waals surface area contributed by atoms with E-state index in [9.17, 15) is 0 Å². The number of hydrogen-bond acceptors (Lipinski definition) is 4. The maximum Gasteiger partial charge on any atom is 0.191 e. The van der Waals surface area contributed by atoms with E-state index >= 15 is 0 Å². The van der Waals surface area contributed by atoms with Crippen molar-refractivity contribution in [2.45, 2.75) is 58.7 Å². The van der Waals surface area contributed by atoms with Crippen LogP contribution in [0.15, 0.2) is 4.99 Å². The number of rotatable bonds is 9. The zero-order valence-corrected chi connectivity index (χ0v) is 19.7. The van der Waals surface area contributed by atoms with Gasteiger partial charge in [0.15, 0.2) is 5.96 Å². The quantitative estimate of drug-likeness (QED) is 0.300. The first-order valence-electron chi connectivity index (χ1n) is 10.0. The van der Waals surface area contributed by atoms with E-state index < -0.39 is 0 Å². The van der Waals surface area contributed by atoms with Gasteiger partial charge in [0.1, 0.15) is 0 Å². The lowest BCUT2D eigenvalue weighted by Gasteiger charge is -2.37. The number of nitrogens with zero attached hydrogens (tertiary/aromatic N) is 3. The third kappa shape index (κ3) is 7.86. The van der Waals surface area contributed by atoms with E-state index in [4.69, 9.17) is 4.74 Å². The Balaban J connectivity index is 0.00000338. The molecule has 0 spiro atoms. The van der Waals surface area contributed by atoms with Crippen LogP contribution in [0.2, 0.25) is 0 Å². The molecule has 0 amide bonds. The topological polar surface area (TPSA) is 52.1 Å². The lowest BCUT2D eigenvalue weighted by atomic mass is 10.0. The van der Waals surface area contributed by atoms with Crippen molar-refractivity contribution in [3.8, 4) is 0 Å². The summed E-state index contributed by atoms with van der Waals surface area (Å²) in [6.07, 6.45) is 2.72. The number of hydrogen-bond donors (Lipinski definition) is 2. The first-order chi connectivity index (χ1) is 12.0. The largest absolute Gasteiger partial charge is 0.379 e. The zero-order valence-electron chi connectivity index (χ0n) is 17.3. The molecular formula is C19H40IN5O. The van der Waals surface area contributed by atoms with Gasteiger partial charge in [-0.1, -0.05) is 13.8 Å². The molecule has 2 aliphatic rings. The minimum absolute atomic E-state index is 0. The molecule has 0 aromatic carbocycles. The van der Waals surface area contributed by atoms with Crippen molar-refractivity contribution in [1.82, 2.24) is 20.4 Å². The summed E-state index contributed by atoms with van der Waals surface area (Å²) in [6.45, 7) is 15.9. The van der Waals surface area contributed by atoms with Gasteiger partial charge < -0.3 is 15.4 Å². The van der Waals surface area contributed by atoms with Gasteiger partial charge in [-0.3, -0.25) is 14.8 Å². The van der Waals surface area contributed by atoms with Crippen molar-refractivity contribution in [2.75, 3.05) is 53.0 Å². The van der Waals surface area contributed by atoms with Crippen LogP contribution in [-0.2, 0) is 4.74 Å². The molecule has 1 unspecified atom stereocenters. The van der Waals surface area contributed by atoms with Gasteiger partial charge in [-0.2, -0.15) is 0 Å². The minimum atomic E-state index is 0. The van der Waals surface area contributed by atoms with Crippen LogP contribution in [0.25, 0.3) is 0 Å². The molecule has 7 heteroatoms. The fourth-order valence-corrected chi connectivity index (χ4v) is 3.69. The lowest BCUT2D eigenvalue weighted by molar-refractivity contribution is 0.00752. The monoisotopic (exact) mass is 481 g/mol. The second-order valence-corrected chi connectivity index (χ2v) is 7.90. The number of nitrogens with one attached hydrogen (secondary N) is 2. The van der Waals surface area contributed by atoms with E-state index in [1.165, 1.54) is 12.8 Å². The number of guanidine groups is 1. The van der Waals surface area contributed by atoms with Gasteiger partial charge >= 0.3 is 0 Å². The molecule has 26 heavy (non-hydrogen) atoms. The molecule has 0 radical (unpaired) electrons. The summed E-state index contributed by atoms with van der Waals surface area (Å²) in [7, 11) is 1.86. The third-order valence-corrected chi connectivity index (χ3v) is 5.33. The molecule has 154 valence electrons. The van der Waals surface area contributed by atoms with E-state index in [1.54, 1.807) is 0 Å². The van der Waals surface area contributed by atoms with Crippen molar-refractivity contribution in [2.24, 2.45) is 10.9 Å². The zero-order chi connectivity index (χ0) is 18.2. The van der Waals surface area contributed by atoms with Crippen LogP contribution in [0.5, 0.6) is 0 Å². The van der Waals surface area contributed by atoms with Gasteiger partial charge in [-0.05, 0) is 32.6 Å². The van der Waals surface area contributed by atoms with Crippen molar-refractivity contribution in [3.63, 3.8) is 0 Å². The molecular weight excluding hydrogens is 441 g/mol. The third-order valence-electron chi connectivity index (χ3n) is 5.33. The average molecular weight is 481 g/mol. The Hall–Kier alpha value is -0.120. The molecule has 2 fully saturated rings. The average Bonchev–Trinajstić information content (AvgIpc) is 3.42. The summed E-state index contributed by atoms with van der Waals surface area (Å²) in [6, 6.07) is 1.94. The Kier molecular flexibility index (Phi) is 11.4. The Morgan fingerprint density at radius 1 is 1.15 bits per heavy atom. The van der Waals surface area contributed by atoms with Gasteiger partial charge in [-0.15, -0.1) is 24.0 Å². The van der Waals surface area contributed by atoms with Crippen LogP contribution >= 0.6 is 24.0 Å². The van der Waals surface area contributed by atoms with E-state index in [-0.39, 0.29) is 24.0 Å². The van der Waals surface area contributed by atoms with Crippen molar-refractivity contribution < 1.29 is 4.74 Å². The minimum Gasteiger partial charge on any atom is -0.379 e. The van der Waals surface area contributed by atoms with Crippen LogP contribution in [0, 0.1) is 5.92 Å². The molecule has 1 saturated carbocycles. The smallest absolute Gasteiger partial charge is 0.191 e. The molecule has 1 atom stereocenters. The second-order valence-electron chi connectivity index (χ2n) is 7.90. The molecule has 0 bridgehead atoms. The van der Waals surface area contributed by atoms with Crippen LogP contribution in [0.1, 0.15) is 40.5 Å². The molecule has 1 heterocycles. The Bertz CT molecular complexity index is 407. The number of ether oxygens (including phenoxy) is 1. The summed E-state index contributed by atoms with van der Waals surface area (Å²) in [5.74, 6) is 1.52. The summed E-state index contributed by atoms with van der Waals surface area (Å²) < 4.78 is 5.49. The summed E-state index contributed by atoms with van der Waals surface area (Å²) in [5, 5.41) is 7.02. The summed E-state index contributed by atoms with van der Waals surface area (Å²) in [4.78, 5) is 9.55. The lowest BCUT2D eigenvalue weighted by Crippen LogP contribution is -2.53. The predicted octanol–water partition coefficient (Wildman–Crippen LogP) is 2.00. The fourth-order valence-electron chi connectivity index (χ4n) is 3.69. The van der Waals surface area contributed by atoms with E-state index in [2.05, 4.69) is 53.1 Å². The molecule has 0 aromatic heterocycles. The molecule has 1 aliphatic heterocycles. The normalized spacial score (nSPS) is 20.4.